The zero-order valence-corrected chi connectivity index (χ0v) is 10.7. The molecule has 5 nitrogen and oxygen atoms in total. The Balaban J connectivity index is 2.43. The summed E-state index contributed by atoms with van der Waals surface area (Å²) in [6.45, 7) is 5.02. The van der Waals surface area contributed by atoms with E-state index in [1.807, 2.05) is 6.92 Å². The van der Waals surface area contributed by atoms with E-state index in [1.54, 1.807) is 11.8 Å². The van der Waals surface area contributed by atoms with Crippen molar-refractivity contribution in [2.24, 2.45) is 5.73 Å². The molecule has 0 radical (unpaired) electrons. The van der Waals surface area contributed by atoms with E-state index in [4.69, 9.17) is 5.73 Å². The molecule has 0 aromatic rings. The first-order valence-corrected chi connectivity index (χ1v) is 6.38. The van der Waals surface area contributed by atoms with Gasteiger partial charge in [0, 0.05) is 25.6 Å². The Labute approximate surface area is 103 Å². The number of likely N-dealkylation sites (tertiary alicyclic amines) is 1. The minimum Gasteiger partial charge on any atom is -0.352 e. The number of carbonyl (C=O) groups excluding carboxylic acids is 2. The molecular weight excluding hydrogens is 218 g/mol. The second-order valence-electron chi connectivity index (χ2n) is 4.73. The third kappa shape index (κ3) is 4.34. The number of carbonyl (C=O) groups is 2. The van der Waals surface area contributed by atoms with Gasteiger partial charge in [-0.1, -0.05) is 6.92 Å². The largest absolute Gasteiger partial charge is 0.352 e. The van der Waals surface area contributed by atoms with Gasteiger partial charge < -0.3 is 16.0 Å². The highest BCUT2D eigenvalue weighted by Crippen LogP contribution is 2.11. The first-order valence-electron chi connectivity index (χ1n) is 6.38. The summed E-state index contributed by atoms with van der Waals surface area (Å²) >= 11 is 0. The number of nitrogens with zero attached hydrogens (tertiary/aromatic N) is 1. The van der Waals surface area contributed by atoms with Crippen LogP contribution in [0, 0.1) is 0 Å². The maximum absolute atomic E-state index is 11.7. The van der Waals surface area contributed by atoms with Crippen LogP contribution in [-0.2, 0) is 9.59 Å². The zero-order valence-electron chi connectivity index (χ0n) is 10.7. The third-order valence-corrected chi connectivity index (χ3v) is 2.96. The molecular formula is C12H23N3O2. The van der Waals surface area contributed by atoms with Gasteiger partial charge in [0.1, 0.15) is 0 Å². The lowest BCUT2D eigenvalue weighted by Gasteiger charge is -2.34. The van der Waals surface area contributed by atoms with Gasteiger partial charge in [0.05, 0.1) is 6.04 Å². The fraction of sp³-hybridized carbons (Fsp3) is 0.833. The van der Waals surface area contributed by atoms with Crippen LogP contribution in [0.4, 0.5) is 0 Å². The summed E-state index contributed by atoms with van der Waals surface area (Å²) in [6, 6.07) is -0.370. The maximum Gasteiger partial charge on any atom is 0.239 e. The number of nitrogens with one attached hydrogen (secondary N) is 1. The van der Waals surface area contributed by atoms with Crippen molar-refractivity contribution in [1.29, 1.82) is 0 Å². The Morgan fingerprint density at radius 1 is 1.53 bits per heavy atom. The van der Waals surface area contributed by atoms with E-state index in [1.165, 1.54) is 0 Å². The molecule has 0 aromatic heterocycles. The molecule has 2 atom stereocenters. The molecule has 98 valence electrons. The van der Waals surface area contributed by atoms with Crippen molar-refractivity contribution >= 4 is 11.8 Å². The molecule has 1 aliphatic heterocycles. The Morgan fingerprint density at radius 3 is 2.82 bits per heavy atom. The molecule has 5 heteroatoms. The highest BCUT2D eigenvalue weighted by molar-refractivity contribution is 5.81. The topological polar surface area (TPSA) is 75.4 Å². The summed E-state index contributed by atoms with van der Waals surface area (Å²) < 4.78 is 0. The fourth-order valence-corrected chi connectivity index (χ4v) is 2.11. The van der Waals surface area contributed by atoms with Gasteiger partial charge in [-0.3, -0.25) is 9.59 Å². The highest BCUT2D eigenvalue weighted by atomic mass is 16.2. The van der Waals surface area contributed by atoms with Crippen molar-refractivity contribution in [2.45, 2.75) is 51.6 Å². The summed E-state index contributed by atoms with van der Waals surface area (Å²) in [5.41, 5.74) is 5.58. The van der Waals surface area contributed by atoms with E-state index in [-0.39, 0.29) is 17.9 Å². The summed E-state index contributed by atoms with van der Waals surface area (Å²) in [6.07, 6.45) is 3.27. The summed E-state index contributed by atoms with van der Waals surface area (Å²) in [4.78, 5) is 25.0. The molecule has 1 saturated heterocycles. The number of hydrogen-bond donors (Lipinski definition) is 2. The van der Waals surface area contributed by atoms with Crippen molar-refractivity contribution in [2.75, 3.05) is 13.1 Å². The molecule has 0 spiro atoms. The Kier molecular flexibility index (Phi) is 5.41. The van der Waals surface area contributed by atoms with Gasteiger partial charge in [0.15, 0.2) is 0 Å². The normalized spacial score (nSPS) is 22.1. The van der Waals surface area contributed by atoms with Crippen molar-refractivity contribution in [3.05, 3.63) is 0 Å². The van der Waals surface area contributed by atoms with E-state index >= 15 is 0 Å². The zero-order chi connectivity index (χ0) is 12.8. The lowest BCUT2D eigenvalue weighted by atomic mass is 10.0. The number of piperidine rings is 1. The molecule has 1 unspecified atom stereocenters. The van der Waals surface area contributed by atoms with Crippen LogP contribution in [0.5, 0.6) is 0 Å². The molecule has 1 heterocycles. The molecule has 0 aliphatic carbocycles. The van der Waals surface area contributed by atoms with Crippen LogP contribution in [0.25, 0.3) is 0 Å². The third-order valence-electron chi connectivity index (χ3n) is 2.96. The van der Waals surface area contributed by atoms with Crippen LogP contribution in [0.3, 0.4) is 0 Å². The second-order valence-corrected chi connectivity index (χ2v) is 4.73. The number of hydrogen-bond acceptors (Lipinski definition) is 3. The Hall–Kier alpha value is -1.10. The number of rotatable bonds is 4. The lowest BCUT2D eigenvalue weighted by molar-refractivity contribution is -0.134. The first kappa shape index (κ1) is 14.0. The van der Waals surface area contributed by atoms with Gasteiger partial charge in [-0.15, -0.1) is 0 Å². The van der Waals surface area contributed by atoms with E-state index in [0.717, 1.165) is 25.8 Å². The number of amides is 2. The predicted molar refractivity (Wildman–Crippen MR) is 66.3 cm³/mol. The summed E-state index contributed by atoms with van der Waals surface area (Å²) in [5.74, 6) is 0.0482. The molecule has 17 heavy (non-hydrogen) atoms. The van der Waals surface area contributed by atoms with E-state index < -0.39 is 6.04 Å². The van der Waals surface area contributed by atoms with E-state index in [0.29, 0.717) is 13.0 Å². The average molecular weight is 241 g/mol. The smallest absolute Gasteiger partial charge is 0.239 e. The molecule has 0 bridgehead atoms. The maximum atomic E-state index is 11.7. The molecule has 1 rings (SSSR count). The molecule has 2 amide bonds. The predicted octanol–water partition coefficient (Wildman–Crippen LogP) is 0.241. The van der Waals surface area contributed by atoms with Gasteiger partial charge in [0.2, 0.25) is 11.8 Å². The minimum atomic E-state index is -0.458. The van der Waals surface area contributed by atoms with Gasteiger partial charge >= 0.3 is 0 Å². The first-order chi connectivity index (χ1) is 8.04. The average Bonchev–Trinajstić information content (AvgIpc) is 2.28. The Bertz CT molecular complexity index is 279. The van der Waals surface area contributed by atoms with Crippen molar-refractivity contribution in [3.8, 4) is 0 Å². The van der Waals surface area contributed by atoms with Crippen LogP contribution in [0.2, 0.25) is 0 Å². The van der Waals surface area contributed by atoms with Gasteiger partial charge in [-0.25, -0.2) is 0 Å². The molecule has 0 aromatic carbocycles. The van der Waals surface area contributed by atoms with Crippen LogP contribution in [-0.4, -0.2) is 41.9 Å². The van der Waals surface area contributed by atoms with E-state index in [2.05, 4.69) is 5.32 Å². The molecule has 1 fully saturated rings. The summed E-state index contributed by atoms with van der Waals surface area (Å²) in [5, 5.41) is 2.97. The minimum absolute atomic E-state index is 0.0283. The van der Waals surface area contributed by atoms with Crippen LogP contribution in [0.15, 0.2) is 0 Å². The lowest BCUT2D eigenvalue weighted by Crippen LogP contribution is -2.52. The molecule has 0 saturated carbocycles. The fourth-order valence-electron chi connectivity index (χ4n) is 2.11. The van der Waals surface area contributed by atoms with Crippen molar-refractivity contribution < 1.29 is 9.59 Å². The standard InChI is InChI=1S/C12H23N3O2/c1-3-5-11(16)14-10-6-4-7-15(8-10)12(17)9(2)13/h9-10H,3-8,13H2,1-2H3,(H,14,16)/t9-,10?/m1/s1. The van der Waals surface area contributed by atoms with Crippen molar-refractivity contribution in [1.82, 2.24) is 10.2 Å². The van der Waals surface area contributed by atoms with Gasteiger partial charge in [-0.2, -0.15) is 0 Å². The van der Waals surface area contributed by atoms with Crippen LogP contribution < -0.4 is 11.1 Å². The van der Waals surface area contributed by atoms with Crippen molar-refractivity contribution in [3.63, 3.8) is 0 Å². The van der Waals surface area contributed by atoms with Gasteiger partial charge in [0.25, 0.3) is 0 Å². The molecule has 3 N–H and O–H groups in total. The van der Waals surface area contributed by atoms with Gasteiger partial charge in [-0.05, 0) is 26.2 Å². The SMILES string of the molecule is CCCC(=O)NC1CCCN(C(=O)[C@@H](C)N)C1. The Morgan fingerprint density at radius 2 is 2.24 bits per heavy atom. The highest BCUT2D eigenvalue weighted by Gasteiger charge is 2.25. The van der Waals surface area contributed by atoms with Crippen LogP contribution >= 0.6 is 0 Å². The van der Waals surface area contributed by atoms with Crippen LogP contribution in [0.1, 0.15) is 39.5 Å². The monoisotopic (exact) mass is 241 g/mol. The quantitative estimate of drug-likeness (QED) is 0.740. The van der Waals surface area contributed by atoms with E-state index in [9.17, 15) is 9.59 Å². The number of nitrogens with two attached hydrogens (primary N) is 1. The second kappa shape index (κ2) is 6.59. The summed E-state index contributed by atoms with van der Waals surface area (Å²) in [7, 11) is 0. The molecule has 1 aliphatic rings.